The summed E-state index contributed by atoms with van der Waals surface area (Å²) in [5.41, 5.74) is 6.44. The number of ether oxygens (including phenoxy) is 2. The number of amides is 4. The van der Waals surface area contributed by atoms with Crippen LogP contribution in [0.1, 0.15) is 54.1 Å². The minimum absolute atomic E-state index is 0.00868. The Labute approximate surface area is 285 Å². The molecule has 4 amide bonds. The lowest BCUT2D eigenvalue weighted by molar-refractivity contribution is 0.0419. The predicted octanol–water partition coefficient (Wildman–Crippen LogP) is 4.70. The summed E-state index contributed by atoms with van der Waals surface area (Å²) in [7, 11) is 0. The number of aromatic nitrogens is 4. The largest absolute Gasteiger partial charge is 0.378 e. The number of rotatable bonds is 3. The quantitative estimate of drug-likeness (QED) is 0.243. The van der Waals surface area contributed by atoms with Gasteiger partial charge in [-0.05, 0) is 55.2 Å². The third-order valence-corrected chi connectivity index (χ3v) is 9.83. The second-order valence-corrected chi connectivity index (χ2v) is 13.1. The van der Waals surface area contributed by atoms with E-state index in [0.717, 1.165) is 70.0 Å². The number of nitrogens with zero attached hydrogens (tertiary/aromatic N) is 6. The number of nitrogens with one attached hydrogen (secondary N) is 2. The van der Waals surface area contributed by atoms with Gasteiger partial charge in [0.15, 0.2) is 0 Å². The van der Waals surface area contributed by atoms with Gasteiger partial charge in [0.1, 0.15) is 11.6 Å². The van der Waals surface area contributed by atoms with Gasteiger partial charge < -0.3 is 39.0 Å². The van der Waals surface area contributed by atoms with Gasteiger partial charge in [0.05, 0.1) is 61.4 Å². The van der Waals surface area contributed by atoms with Crippen LogP contribution in [0.4, 0.5) is 9.59 Å². The first-order valence-electron chi connectivity index (χ1n) is 17.1. The lowest BCUT2D eigenvalue weighted by Crippen LogP contribution is -2.48. The van der Waals surface area contributed by atoms with E-state index in [0.29, 0.717) is 65.6 Å². The number of carbonyl (C=O) groups excluding carboxylic acids is 2. The number of fused-ring (bicyclic) bond motifs is 1. The summed E-state index contributed by atoms with van der Waals surface area (Å²) in [6.45, 7) is 10.2. The third-order valence-electron chi connectivity index (χ3n) is 9.83. The molecule has 2 N–H and O–H groups in total. The number of hydrogen-bond donors (Lipinski definition) is 2. The van der Waals surface area contributed by atoms with Crippen molar-refractivity contribution in [1.82, 2.24) is 39.5 Å². The highest BCUT2D eigenvalue weighted by molar-refractivity contribution is 5.79. The minimum atomic E-state index is -0.177. The molecule has 49 heavy (non-hydrogen) atoms. The normalized spacial score (nSPS) is 21.3. The number of likely N-dealkylation sites (tertiary alicyclic amines) is 2. The van der Waals surface area contributed by atoms with Crippen molar-refractivity contribution in [3.8, 4) is 23.1 Å². The molecule has 0 spiro atoms. The van der Waals surface area contributed by atoms with Gasteiger partial charge >= 0.3 is 12.1 Å². The Balaban J connectivity index is 0.938. The topological polar surface area (TPSA) is 123 Å². The Kier molecular flexibility index (Phi) is 8.53. The molecule has 0 radical (unpaired) electrons. The van der Waals surface area contributed by atoms with Crippen LogP contribution in [0.5, 0.6) is 0 Å². The summed E-state index contributed by atoms with van der Waals surface area (Å²) in [5.74, 6) is 8.16. The number of hydrogen-bond acceptors (Lipinski definition) is 6. The maximum absolute atomic E-state index is 13.3. The molecule has 0 aliphatic carbocycles. The predicted molar refractivity (Wildman–Crippen MR) is 184 cm³/mol. The van der Waals surface area contributed by atoms with Crippen molar-refractivity contribution >= 4 is 23.1 Å². The first-order chi connectivity index (χ1) is 24.0. The van der Waals surface area contributed by atoms with Crippen LogP contribution >= 0.6 is 0 Å². The second-order valence-electron chi connectivity index (χ2n) is 13.1. The molecule has 2 atom stereocenters. The number of H-pyrrole nitrogens is 2. The smallest absolute Gasteiger partial charge is 0.321 e. The van der Waals surface area contributed by atoms with Gasteiger partial charge in [0, 0.05) is 50.4 Å². The van der Waals surface area contributed by atoms with Gasteiger partial charge in [-0.25, -0.2) is 19.6 Å². The molecule has 4 aliphatic rings. The van der Waals surface area contributed by atoms with Gasteiger partial charge in [-0.15, -0.1) is 0 Å². The lowest BCUT2D eigenvalue weighted by atomic mass is 10.1. The zero-order valence-electron chi connectivity index (χ0n) is 27.5. The number of morpholine rings is 2. The van der Waals surface area contributed by atoms with Crippen LogP contribution in [0.15, 0.2) is 60.8 Å². The van der Waals surface area contributed by atoms with Crippen molar-refractivity contribution in [2.45, 2.75) is 31.3 Å². The molecule has 252 valence electrons. The molecule has 6 heterocycles. The molecule has 0 saturated carbocycles. The molecule has 2 aromatic carbocycles. The van der Waals surface area contributed by atoms with E-state index in [9.17, 15) is 9.59 Å². The van der Waals surface area contributed by atoms with E-state index in [1.807, 2.05) is 68.3 Å². The summed E-state index contributed by atoms with van der Waals surface area (Å²) in [4.78, 5) is 50.5. The summed E-state index contributed by atoms with van der Waals surface area (Å²) in [6, 6.07) is 13.9. The van der Waals surface area contributed by atoms with E-state index in [1.165, 1.54) is 0 Å². The SMILES string of the molecule is C=C1C[C@@H](c2nc3ccc(C#Cc4ccc(-c5cnc([C@@H]6CCCN6C(=O)N6CCOCC6)[nH]5)cc4)cc3[nH]2)N(C(=O)N2CCOCC2)C1. The molecule has 12 nitrogen and oxygen atoms in total. The van der Waals surface area contributed by atoms with Crippen molar-refractivity contribution < 1.29 is 19.1 Å². The van der Waals surface area contributed by atoms with Crippen molar-refractivity contribution in [3.63, 3.8) is 0 Å². The van der Waals surface area contributed by atoms with Gasteiger partial charge in [-0.1, -0.05) is 36.1 Å². The van der Waals surface area contributed by atoms with Crippen LogP contribution in [0.3, 0.4) is 0 Å². The van der Waals surface area contributed by atoms with Gasteiger partial charge in [0.25, 0.3) is 0 Å². The Morgan fingerprint density at radius 2 is 1.47 bits per heavy atom. The van der Waals surface area contributed by atoms with Crippen LogP contribution in [-0.4, -0.2) is 117 Å². The zero-order chi connectivity index (χ0) is 33.3. The van der Waals surface area contributed by atoms with Crippen LogP contribution in [0, 0.1) is 11.8 Å². The molecule has 0 unspecified atom stereocenters. The number of aromatic amines is 2. The average Bonchev–Trinajstić information content (AvgIpc) is 3.97. The van der Waals surface area contributed by atoms with Crippen LogP contribution in [0.2, 0.25) is 0 Å². The fourth-order valence-electron chi connectivity index (χ4n) is 7.19. The number of benzene rings is 2. The fourth-order valence-corrected chi connectivity index (χ4v) is 7.19. The summed E-state index contributed by atoms with van der Waals surface area (Å²) < 4.78 is 10.9. The molecule has 4 aromatic rings. The molecule has 12 heteroatoms. The molecule has 4 saturated heterocycles. The molecule has 4 aliphatic heterocycles. The van der Waals surface area contributed by atoms with E-state index < -0.39 is 0 Å². The lowest BCUT2D eigenvalue weighted by Gasteiger charge is -2.33. The van der Waals surface area contributed by atoms with Gasteiger partial charge in [0.2, 0.25) is 0 Å². The third kappa shape index (κ3) is 6.39. The highest BCUT2D eigenvalue weighted by Gasteiger charge is 2.37. The molecular formula is C37H40N8O4. The minimum Gasteiger partial charge on any atom is -0.378 e. The average molecular weight is 661 g/mol. The fraction of sp³-hybridized carbons (Fsp3) is 0.405. The number of carbonyl (C=O) groups is 2. The highest BCUT2D eigenvalue weighted by Crippen LogP contribution is 2.35. The maximum Gasteiger partial charge on any atom is 0.321 e. The van der Waals surface area contributed by atoms with Crippen LogP contribution in [0.25, 0.3) is 22.3 Å². The van der Waals surface area contributed by atoms with Gasteiger partial charge in [-0.2, -0.15) is 0 Å². The number of urea groups is 2. The van der Waals surface area contributed by atoms with E-state index in [1.54, 1.807) is 0 Å². The van der Waals surface area contributed by atoms with Crippen LogP contribution < -0.4 is 0 Å². The molecule has 2 aromatic heterocycles. The highest BCUT2D eigenvalue weighted by atomic mass is 16.5. The monoisotopic (exact) mass is 660 g/mol. The molecule has 4 fully saturated rings. The van der Waals surface area contributed by atoms with Gasteiger partial charge in [-0.3, -0.25) is 0 Å². The molecule has 8 rings (SSSR count). The summed E-state index contributed by atoms with van der Waals surface area (Å²) >= 11 is 0. The zero-order valence-corrected chi connectivity index (χ0v) is 27.5. The Morgan fingerprint density at radius 3 is 2.20 bits per heavy atom. The Morgan fingerprint density at radius 1 is 0.796 bits per heavy atom. The van der Waals surface area contributed by atoms with Crippen LogP contribution in [-0.2, 0) is 9.47 Å². The maximum atomic E-state index is 13.3. The molecular weight excluding hydrogens is 620 g/mol. The number of imidazole rings is 2. The Hall–Kier alpha value is -5.12. The van der Waals surface area contributed by atoms with Crippen molar-refractivity contribution in [2.24, 2.45) is 0 Å². The van der Waals surface area contributed by atoms with E-state index in [-0.39, 0.29) is 24.1 Å². The summed E-state index contributed by atoms with van der Waals surface area (Å²) in [6.07, 6.45) is 4.39. The second kappa shape index (κ2) is 13.4. The first-order valence-corrected chi connectivity index (χ1v) is 17.1. The van der Waals surface area contributed by atoms with E-state index in [2.05, 4.69) is 33.4 Å². The molecule has 0 bridgehead atoms. The van der Waals surface area contributed by atoms with Crippen molar-refractivity contribution in [3.05, 3.63) is 83.6 Å². The van der Waals surface area contributed by atoms with E-state index in [4.69, 9.17) is 14.5 Å². The Bertz CT molecular complexity index is 1930. The summed E-state index contributed by atoms with van der Waals surface area (Å²) in [5, 5.41) is 0. The van der Waals surface area contributed by atoms with Crippen molar-refractivity contribution in [2.75, 3.05) is 65.7 Å². The van der Waals surface area contributed by atoms with E-state index >= 15 is 0 Å². The standard InChI is InChI=1S/C37H40N8O4/c1-25-21-33(45(24-25)37(47)43-15-19-49-20-16-43)35-39-29-11-8-27(22-30(29)40-35)5-4-26-6-9-28(10-7-26)31-23-38-34(41-31)32-3-2-12-44(32)36(46)42-13-17-48-18-14-42/h6-11,22-23,32-33H,1-3,12-21,24H2,(H,38,41)(H,39,40)/t32-,33-/m0/s1. The first kappa shape index (κ1) is 31.2. The van der Waals surface area contributed by atoms with Crippen molar-refractivity contribution in [1.29, 1.82) is 0 Å².